The number of benzene rings is 1. The van der Waals surface area contributed by atoms with Crippen LogP contribution in [0.5, 0.6) is 5.75 Å². The number of rotatable bonds is 6. The zero-order valence-corrected chi connectivity index (χ0v) is 20.4. The second-order valence-electron chi connectivity index (χ2n) is 8.29. The second-order valence-corrected chi connectivity index (χ2v) is 10.2. The lowest BCUT2D eigenvalue weighted by molar-refractivity contribution is -0.132. The Kier molecular flexibility index (Phi) is 6.50. The molecule has 1 saturated heterocycles. The minimum atomic E-state index is -3.75. The molecule has 0 radical (unpaired) electrons. The Morgan fingerprint density at radius 2 is 1.85 bits per heavy atom. The molecule has 3 heterocycles. The van der Waals surface area contributed by atoms with E-state index in [-0.39, 0.29) is 55.6 Å². The third kappa shape index (κ3) is 4.32. The number of methoxy groups -OCH3 is 1. The predicted octanol–water partition coefficient (Wildman–Crippen LogP) is 2.18. The van der Waals surface area contributed by atoms with Crippen LogP contribution >= 0.6 is 0 Å². The van der Waals surface area contributed by atoms with Gasteiger partial charge in [0.1, 0.15) is 21.9 Å². The van der Waals surface area contributed by atoms with Crippen molar-refractivity contribution in [2.75, 3.05) is 33.3 Å². The number of aryl methyl sites for hydroxylation is 3. The largest absolute Gasteiger partial charge is 0.497 e. The molecule has 3 aromatic rings. The molecule has 0 N–H and O–H groups in total. The number of aromatic nitrogens is 1. The summed E-state index contributed by atoms with van der Waals surface area (Å²) >= 11 is 0. The Hall–Kier alpha value is -3.18. The average molecular weight is 490 g/mol. The van der Waals surface area contributed by atoms with Gasteiger partial charge >= 0.3 is 5.63 Å². The summed E-state index contributed by atoms with van der Waals surface area (Å²) in [6.45, 7) is 5.89. The summed E-state index contributed by atoms with van der Waals surface area (Å²) in [6, 6.07) is 5.28. The normalized spacial score (nSPS) is 15.1. The van der Waals surface area contributed by atoms with E-state index in [0.717, 1.165) is 10.9 Å². The molecule has 1 aromatic carbocycles. The van der Waals surface area contributed by atoms with Crippen LogP contribution in [0.3, 0.4) is 0 Å². The lowest BCUT2D eigenvalue weighted by Gasteiger charge is -2.34. The van der Waals surface area contributed by atoms with Gasteiger partial charge in [-0.3, -0.25) is 4.79 Å². The highest BCUT2D eigenvalue weighted by Crippen LogP contribution is 2.26. The van der Waals surface area contributed by atoms with Gasteiger partial charge < -0.3 is 18.6 Å². The van der Waals surface area contributed by atoms with Crippen LogP contribution in [0.15, 0.2) is 36.8 Å². The number of nitrogens with zero attached hydrogens (tertiary/aromatic N) is 3. The van der Waals surface area contributed by atoms with Gasteiger partial charge in [0.15, 0.2) is 5.76 Å². The van der Waals surface area contributed by atoms with Gasteiger partial charge in [0.05, 0.1) is 7.11 Å². The first-order valence-corrected chi connectivity index (χ1v) is 12.4. The molecule has 34 heavy (non-hydrogen) atoms. The Morgan fingerprint density at radius 3 is 2.47 bits per heavy atom. The van der Waals surface area contributed by atoms with Crippen molar-refractivity contribution in [3.63, 3.8) is 0 Å². The Morgan fingerprint density at radius 1 is 1.15 bits per heavy atom. The number of carbonyl (C=O) groups is 1. The Labute approximate surface area is 197 Å². The first kappa shape index (κ1) is 24.0. The number of fused-ring (bicyclic) bond motifs is 1. The molecule has 0 bridgehead atoms. The highest BCUT2D eigenvalue weighted by Gasteiger charge is 2.34. The third-order valence-electron chi connectivity index (χ3n) is 6.24. The summed E-state index contributed by atoms with van der Waals surface area (Å²) in [4.78, 5) is 27.1. The highest BCUT2D eigenvalue weighted by atomic mass is 32.2. The summed E-state index contributed by atoms with van der Waals surface area (Å²) in [5, 5.41) is 4.52. The molecule has 0 atom stereocenters. The summed E-state index contributed by atoms with van der Waals surface area (Å²) in [5.74, 6) is 0.704. The van der Waals surface area contributed by atoms with E-state index < -0.39 is 15.6 Å². The Bertz CT molecular complexity index is 1380. The van der Waals surface area contributed by atoms with E-state index in [4.69, 9.17) is 13.7 Å². The highest BCUT2D eigenvalue weighted by molar-refractivity contribution is 7.89. The fourth-order valence-electron chi connectivity index (χ4n) is 4.33. The molecule has 10 nitrogen and oxygen atoms in total. The van der Waals surface area contributed by atoms with E-state index in [0.29, 0.717) is 22.6 Å². The number of piperazine rings is 1. The third-order valence-corrected chi connectivity index (χ3v) is 8.38. The van der Waals surface area contributed by atoms with E-state index in [1.165, 1.54) is 11.4 Å². The number of amides is 1. The van der Waals surface area contributed by atoms with Crippen LogP contribution in [0, 0.1) is 20.8 Å². The molecule has 4 rings (SSSR count). The first-order chi connectivity index (χ1) is 16.1. The molecule has 0 aliphatic carbocycles. The standard InChI is InChI=1S/C23H27N3O7S/c1-14-18-6-5-17(31-4)13-20(18)32-23(28)19(14)7-8-21(27)25-9-11-26(12-10-25)34(29,30)22-15(2)24-33-16(22)3/h5-6,13H,7-12H2,1-4H3. The molecule has 1 aliphatic rings. The van der Waals surface area contributed by atoms with E-state index in [1.807, 2.05) is 13.0 Å². The predicted molar refractivity (Wildman–Crippen MR) is 123 cm³/mol. The lowest BCUT2D eigenvalue weighted by atomic mass is 10.0. The molecule has 0 saturated carbocycles. The van der Waals surface area contributed by atoms with Gasteiger partial charge in [-0.2, -0.15) is 4.31 Å². The summed E-state index contributed by atoms with van der Waals surface area (Å²) in [7, 11) is -2.21. The molecular weight excluding hydrogens is 462 g/mol. The molecule has 2 aromatic heterocycles. The maximum absolute atomic E-state index is 13.0. The first-order valence-electron chi connectivity index (χ1n) is 10.9. The van der Waals surface area contributed by atoms with Crippen molar-refractivity contribution in [1.29, 1.82) is 0 Å². The fourth-order valence-corrected chi connectivity index (χ4v) is 6.04. The van der Waals surface area contributed by atoms with Crippen molar-refractivity contribution in [3.8, 4) is 5.75 Å². The maximum atomic E-state index is 13.0. The van der Waals surface area contributed by atoms with E-state index >= 15 is 0 Å². The smallest absolute Gasteiger partial charge is 0.339 e. The van der Waals surface area contributed by atoms with Gasteiger partial charge in [0.2, 0.25) is 15.9 Å². The number of hydrogen-bond acceptors (Lipinski definition) is 8. The molecule has 1 aliphatic heterocycles. The van der Waals surface area contributed by atoms with Crippen LogP contribution in [-0.2, 0) is 21.2 Å². The van der Waals surface area contributed by atoms with E-state index in [2.05, 4.69) is 5.16 Å². The van der Waals surface area contributed by atoms with Crippen LogP contribution in [0.2, 0.25) is 0 Å². The molecule has 0 spiro atoms. The second kappa shape index (κ2) is 9.22. The SMILES string of the molecule is COc1ccc2c(C)c(CCC(=O)N3CCN(S(=O)(=O)c4c(C)noc4C)CC3)c(=O)oc2c1. The average Bonchev–Trinajstić information content (AvgIpc) is 3.16. The van der Waals surface area contributed by atoms with Crippen molar-refractivity contribution in [2.45, 2.75) is 38.5 Å². The number of ether oxygens (including phenoxy) is 1. The van der Waals surface area contributed by atoms with Crippen molar-refractivity contribution in [1.82, 2.24) is 14.4 Å². The van der Waals surface area contributed by atoms with Gasteiger partial charge in [0, 0.05) is 49.6 Å². The van der Waals surface area contributed by atoms with Gasteiger partial charge in [0.25, 0.3) is 0 Å². The van der Waals surface area contributed by atoms with Crippen LogP contribution in [0.4, 0.5) is 0 Å². The summed E-state index contributed by atoms with van der Waals surface area (Å²) < 4.78 is 42.9. The van der Waals surface area contributed by atoms with Crippen LogP contribution in [0.25, 0.3) is 11.0 Å². The minimum absolute atomic E-state index is 0.0865. The van der Waals surface area contributed by atoms with Crippen LogP contribution in [-0.4, -0.2) is 62.0 Å². The molecule has 0 unspecified atom stereocenters. The number of hydrogen-bond donors (Lipinski definition) is 0. The van der Waals surface area contributed by atoms with Crippen molar-refractivity contribution in [3.05, 3.63) is 51.2 Å². The maximum Gasteiger partial charge on any atom is 0.339 e. The molecule has 1 fully saturated rings. The zero-order valence-electron chi connectivity index (χ0n) is 19.6. The van der Waals surface area contributed by atoms with E-state index in [9.17, 15) is 18.0 Å². The number of sulfonamides is 1. The topological polar surface area (TPSA) is 123 Å². The van der Waals surface area contributed by atoms with Gasteiger partial charge in [-0.05, 0) is 44.9 Å². The van der Waals surface area contributed by atoms with Gasteiger partial charge in [-0.15, -0.1) is 0 Å². The van der Waals surface area contributed by atoms with Gasteiger partial charge in [-0.25, -0.2) is 13.2 Å². The Balaban J connectivity index is 1.41. The quantitative estimate of drug-likeness (QED) is 0.483. The van der Waals surface area contributed by atoms with Crippen LogP contribution in [0.1, 0.15) is 29.0 Å². The molecule has 182 valence electrons. The van der Waals surface area contributed by atoms with E-state index in [1.54, 1.807) is 30.9 Å². The number of carbonyl (C=O) groups excluding carboxylic acids is 1. The van der Waals surface area contributed by atoms with Crippen molar-refractivity contribution in [2.24, 2.45) is 0 Å². The molecule has 1 amide bonds. The summed E-state index contributed by atoms with van der Waals surface area (Å²) in [5.41, 5.74) is 1.52. The minimum Gasteiger partial charge on any atom is -0.497 e. The van der Waals surface area contributed by atoms with Gasteiger partial charge in [-0.1, -0.05) is 5.16 Å². The van der Waals surface area contributed by atoms with Crippen molar-refractivity contribution < 1.29 is 26.9 Å². The fraction of sp³-hybridized carbons (Fsp3) is 0.435. The monoisotopic (exact) mass is 489 g/mol. The molecule has 11 heteroatoms. The van der Waals surface area contributed by atoms with Crippen molar-refractivity contribution >= 4 is 26.9 Å². The zero-order chi connectivity index (χ0) is 24.6. The van der Waals surface area contributed by atoms with Crippen LogP contribution < -0.4 is 10.4 Å². The summed E-state index contributed by atoms with van der Waals surface area (Å²) in [6.07, 6.45) is 0.371. The lowest BCUT2D eigenvalue weighted by Crippen LogP contribution is -2.50. The molecular formula is C23H27N3O7S.